The predicted octanol–water partition coefficient (Wildman–Crippen LogP) is 5.73. The van der Waals surface area contributed by atoms with Gasteiger partial charge in [0.25, 0.3) is 11.8 Å². The molecule has 1 saturated carbocycles. The molecule has 3 aliphatic heterocycles. The number of nitrogens with two attached hydrogens (primary N) is 1. The first-order chi connectivity index (χ1) is 31.4. The van der Waals surface area contributed by atoms with Gasteiger partial charge in [0.1, 0.15) is 17.7 Å². The van der Waals surface area contributed by atoms with Crippen molar-refractivity contribution >= 4 is 57.6 Å². The van der Waals surface area contributed by atoms with Crippen LogP contribution in [0.2, 0.25) is 0 Å². The highest BCUT2D eigenvalue weighted by molar-refractivity contribution is 6.25. The number of carbonyl (C=O) groups is 5. The first-order valence-corrected chi connectivity index (χ1v) is 22.2. The van der Waals surface area contributed by atoms with Crippen LogP contribution in [0.5, 0.6) is 11.5 Å². The van der Waals surface area contributed by atoms with Gasteiger partial charge in [-0.15, -0.1) is 0 Å². The average Bonchev–Trinajstić information content (AvgIpc) is 4.00. The van der Waals surface area contributed by atoms with Gasteiger partial charge in [-0.3, -0.25) is 39.1 Å². The number of benzene rings is 3. The van der Waals surface area contributed by atoms with E-state index < -0.39 is 47.5 Å². The number of nitrogens with zero attached hydrogens (tertiary/aromatic N) is 6. The van der Waals surface area contributed by atoms with Gasteiger partial charge in [0.2, 0.25) is 17.7 Å². The van der Waals surface area contributed by atoms with Crippen molar-refractivity contribution in [2.75, 3.05) is 76.0 Å². The Bertz CT molecular complexity index is 2580. The number of nitrogen functional groups attached to an aromatic ring is 1. The number of alkyl halides is 3. The highest BCUT2D eigenvalue weighted by Crippen LogP contribution is 2.47. The lowest BCUT2D eigenvalue weighted by Crippen LogP contribution is -2.54. The van der Waals surface area contributed by atoms with Crippen molar-refractivity contribution in [3.8, 4) is 11.5 Å². The van der Waals surface area contributed by atoms with Gasteiger partial charge in [0, 0.05) is 75.2 Å². The quantitative estimate of drug-likeness (QED) is 0.0702. The van der Waals surface area contributed by atoms with Crippen LogP contribution >= 0.6 is 0 Å². The molecule has 4 aliphatic rings. The first-order valence-electron chi connectivity index (χ1n) is 22.2. The molecule has 4 N–H and O–H groups in total. The second-order valence-electron chi connectivity index (χ2n) is 17.9. The zero-order chi connectivity index (χ0) is 47.1. The highest BCUT2D eigenvalue weighted by Gasteiger charge is 2.47. The molecule has 16 nitrogen and oxygen atoms in total. The number of fused-ring (bicyclic) bond motifs is 2. The van der Waals surface area contributed by atoms with Crippen LogP contribution in [0.3, 0.4) is 0 Å². The molecular formula is C47H54F3N9O7. The second kappa shape index (κ2) is 18.4. The Morgan fingerprint density at radius 3 is 2.47 bits per heavy atom. The SMILES string of the molecule is COc1cc2nc(C)nc(N[C@H](C)c3cc(N)cc(C(F)(F)F)c3)c2cc1OCC1(CN(C)C(=O)CCCCN2CCN(c3cccc4c3C(=O)N(C3CCC(=O)NC3=O)C4=O)CC2)CC1. The van der Waals surface area contributed by atoms with Gasteiger partial charge in [0.15, 0.2) is 11.5 Å². The Hall–Kier alpha value is -6.50. The number of unbranched alkanes of at least 4 members (excludes halogenated alkanes) is 1. The summed E-state index contributed by atoms with van der Waals surface area (Å²) in [6.07, 6.45) is -0.673. The third-order valence-electron chi connectivity index (χ3n) is 13.0. The maximum Gasteiger partial charge on any atom is 0.416 e. The number of amides is 5. The predicted molar refractivity (Wildman–Crippen MR) is 239 cm³/mol. The summed E-state index contributed by atoms with van der Waals surface area (Å²) in [4.78, 5) is 80.9. The van der Waals surface area contributed by atoms with E-state index in [2.05, 4.69) is 30.4 Å². The number of piperazine rings is 1. The molecule has 0 bridgehead atoms. The van der Waals surface area contributed by atoms with E-state index in [-0.39, 0.29) is 35.4 Å². The van der Waals surface area contributed by atoms with Gasteiger partial charge in [-0.25, -0.2) is 9.97 Å². The molecule has 66 heavy (non-hydrogen) atoms. The minimum Gasteiger partial charge on any atom is -0.493 e. The van der Waals surface area contributed by atoms with Crippen LogP contribution in [0.1, 0.15) is 95.6 Å². The van der Waals surface area contributed by atoms with Gasteiger partial charge < -0.3 is 30.3 Å². The number of methoxy groups -OCH3 is 1. The van der Waals surface area contributed by atoms with Crippen molar-refractivity contribution < 1.29 is 46.6 Å². The molecule has 5 amide bonds. The zero-order valence-electron chi connectivity index (χ0n) is 37.4. The van der Waals surface area contributed by atoms with E-state index in [0.29, 0.717) is 83.5 Å². The van der Waals surface area contributed by atoms with Gasteiger partial charge in [-0.1, -0.05) is 6.07 Å². The van der Waals surface area contributed by atoms with Crippen molar-refractivity contribution in [2.24, 2.45) is 5.41 Å². The maximum absolute atomic E-state index is 13.6. The number of carbonyl (C=O) groups excluding carboxylic acids is 5. The molecule has 2 saturated heterocycles. The summed E-state index contributed by atoms with van der Waals surface area (Å²) in [5.74, 6) is -0.271. The van der Waals surface area contributed by atoms with E-state index in [1.165, 1.54) is 13.2 Å². The summed E-state index contributed by atoms with van der Waals surface area (Å²) < 4.78 is 52.8. The van der Waals surface area contributed by atoms with Crippen molar-refractivity contribution in [2.45, 2.75) is 77.1 Å². The van der Waals surface area contributed by atoms with Crippen LogP contribution in [0.15, 0.2) is 48.5 Å². The number of piperidine rings is 1. The normalized spacial score (nSPS) is 18.9. The molecule has 0 radical (unpaired) electrons. The summed E-state index contributed by atoms with van der Waals surface area (Å²) in [5.41, 5.74) is 6.91. The van der Waals surface area contributed by atoms with E-state index in [1.807, 2.05) is 13.1 Å². The molecule has 4 aromatic rings. The van der Waals surface area contributed by atoms with Crippen LogP contribution in [0, 0.1) is 12.3 Å². The van der Waals surface area contributed by atoms with Gasteiger partial charge in [-0.05, 0) is 94.5 Å². The Kier molecular flexibility index (Phi) is 12.8. The van der Waals surface area contributed by atoms with Gasteiger partial charge in [0.05, 0.1) is 47.7 Å². The number of halogens is 3. The number of imide groups is 2. The number of anilines is 3. The van der Waals surface area contributed by atoms with Crippen LogP contribution < -0.4 is 30.7 Å². The van der Waals surface area contributed by atoms with E-state index in [9.17, 15) is 37.1 Å². The maximum atomic E-state index is 13.6. The van der Waals surface area contributed by atoms with E-state index >= 15 is 0 Å². The van der Waals surface area contributed by atoms with Crippen molar-refractivity contribution in [1.82, 2.24) is 30.0 Å². The van der Waals surface area contributed by atoms with Gasteiger partial charge in [-0.2, -0.15) is 13.2 Å². The summed E-state index contributed by atoms with van der Waals surface area (Å²) in [5, 5.41) is 6.08. The second-order valence-corrected chi connectivity index (χ2v) is 17.9. The largest absolute Gasteiger partial charge is 0.493 e. The molecule has 1 unspecified atom stereocenters. The third kappa shape index (κ3) is 9.71. The Morgan fingerprint density at radius 2 is 1.77 bits per heavy atom. The Labute approximate surface area is 380 Å². The monoisotopic (exact) mass is 913 g/mol. The topological polar surface area (TPSA) is 193 Å². The number of nitrogens with one attached hydrogen (secondary N) is 2. The van der Waals surface area contributed by atoms with Crippen molar-refractivity contribution in [1.29, 1.82) is 0 Å². The van der Waals surface area contributed by atoms with E-state index in [4.69, 9.17) is 15.2 Å². The van der Waals surface area contributed by atoms with Crippen molar-refractivity contribution in [3.05, 3.63) is 76.6 Å². The van der Waals surface area contributed by atoms with Crippen LogP contribution in [0.4, 0.5) is 30.4 Å². The minimum absolute atomic E-state index is 0.00122. The molecule has 1 aliphatic carbocycles. The minimum atomic E-state index is -4.55. The molecule has 3 fully saturated rings. The molecule has 2 atom stereocenters. The number of aromatic nitrogens is 2. The summed E-state index contributed by atoms with van der Waals surface area (Å²) in [7, 11) is 3.35. The highest BCUT2D eigenvalue weighted by atomic mass is 19.4. The van der Waals surface area contributed by atoms with E-state index in [1.54, 1.807) is 43.0 Å². The fourth-order valence-corrected chi connectivity index (χ4v) is 9.14. The number of ether oxygens (including phenoxy) is 2. The Balaban J connectivity index is 0.812. The summed E-state index contributed by atoms with van der Waals surface area (Å²) in [6, 6.07) is 10.6. The molecule has 1 aromatic heterocycles. The summed E-state index contributed by atoms with van der Waals surface area (Å²) >= 11 is 0. The molecule has 3 aromatic carbocycles. The molecule has 350 valence electrons. The molecule has 19 heteroatoms. The molecule has 4 heterocycles. The summed E-state index contributed by atoms with van der Waals surface area (Å²) in [6.45, 7) is 7.87. The lowest BCUT2D eigenvalue weighted by molar-refractivity contribution is -0.138. The fourth-order valence-electron chi connectivity index (χ4n) is 9.14. The number of hydrogen-bond acceptors (Lipinski definition) is 13. The lowest BCUT2D eigenvalue weighted by atomic mass is 10.0. The lowest BCUT2D eigenvalue weighted by Gasteiger charge is -2.36. The van der Waals surface area contributed by atoms with Crippen LogP contribution in [-0.2, 0) is 20.6 Å². The smallest absolute Gasteiger partial charge is 0.416 e. The third-order valence-corrected chi connectivity index (χ3v) is 13.0. The first kappa shape index (κ1) is 46.0. The molecule has 0 spiro atoms. The zero-order valence-corrected chi connectivity index (χ0v) is 37.4. The Morgan fingerprint density at radius 1 is 1.02 bits per heavy atom. The van der Waals surface area contributed by atoms with Crippen LogP contribution in [0.25, 0.3) is 10.9 Å². The fraction of sp³-hybridized carbons (Fsp3) is 0.468. The van der Waals surface area contributed by atoms with Crippen LogP contribution in [-0.4, -0.2) is 120 Å². The van der Waals surface area contributed by atoms with E-state index in [0.717, 1.165) is 62.4 Å². The standard InChI is InChI=1S/C47H54F3N9O7/c1-27(29-20-30(47(48,49)50)22-31(51)21-29)52-42-33-23-38(37(65-4)24-34(33)53-28(2)54-42)66-26-46(13-14-46)25-56(3)40(61)10-5-6-15-57-16-18-58(19-17-57)35-9-7-8-32-41(35)45(64)59(44(32)63)36-11-12-39(60)55-43(36)62/h7-9,20-24,27,36H,5-6,10-19,25-26,51H2,1-4H3,(H,52,53,54)(H,55,60,62)/t27-,36?/m1/s1. The number of aryl methyl sites for hydroxylation is 1. The number of rotatable bonds is 16. The molecular weight excluding hydrogens is 860 g/mol. The molecule has 8 rings (SSSR count). The average molecular weight is 914 g/mol. The van der Waals surface area contributed by atoms with Gasteiger partial charge >= 0.3 is 6.18 Å². The number of hydrogen-bond donors (Lipinski definition) is 3. The van der Waals surface area contributed by atoms with Crippen molar-refractivity contribution in [3.63, 3.8) is 0 Å².